The number of esters is 1. The average Bonchev–Trinajstić information content (AvgIpc) is 2.64. The standard InChI is InChI=1S/C22H33N3O4/c1-6-8-10-18(19(23)20(26)28-15-9-7-2)24-16-11-13-17(14-12-16)25-21(27)29-22(3,4)5/h6,11-14,24H,1,7-10,15,23H2,2-5H3,(H,25,27)/b19-18-. The summed E-state index contributed by atoms with van der Waals surface area (Å²) in [7, 11) is 0. The van der Waals surface area contributed by atoms with Crippen LogP contribution in [0.4, 0.5) is 16.2 Å². The molecule has 0 aliphatic rings. The molecule has 0 unspecified atom stereocenters. The van der Waals surface area contributed by atoms with Crippen LogP contribution in [0.15, 0.2) is 48.3 Å². The number of rotatable bonds is 10. The normalized spacial score (nSPS) is 11.9. The van der Waals surface area contributed by atoms with Crippen LogP contribution in [0, 0.1) is 0 Å². The van der Waals surface area contributed by atoms with Crippen molar-refractivity contribution in [2.24, 2.45) is 5.73 Å². The van der Waals surface area contributed by atoms with E-state index in [-0.39, 0.29) is 5.70 Å². The molecular formula is C22H33N3O4. The number of benzene rings is 1. The van der Waals surface area contributed by atoms with Crippen molar-refractivity contribution in [2.45, 2.75) is 59.0 Å². The molecule has 7 heteroatoms. The topological polar surface area (TPSA) is 103 Å². The molecule has 0 atom stereocenters. The molecule has 0 radical (unpaired) electrons. The zero-order valence-corrected chi connectivity index (χ0v) is 17.8. The highest BCUT2D eigenvalue weighted by Gasteiger charge is 2.16. The molecular weight excluding hydrogens is 370 g/mol. The largest absolute Gasteiger partial charge is 0.461 e. The number of ether oxygens (including phenoxy) is 2. The van der Waals surface area contributed by atoms with Crippen LogP contribution in [0.1, 0.15) is 53.4 Å². The van der Waals surface area contributed by atoms with E-state index in [0.717, 1.165) is 18.5 Å². The number of hydrogen-bond acceptors (Lipinski definition) is 6. The van der Waals surface area contributed by atoms with Gasteiger partial charge in [0, 0.05) is 17.1 Å². The summed E-state index contributed by atoms with van der Waals surface area (Å²) >= 11 is 0. The first-order valence-electron chi connectivity index (χ1n) is 9.80. The minimum Gasteiger partial charge on any atom is -0.461 e. The molecule has 1 amide bonds. The number of nitrogens with one attached hydrogen (secondary N) is 2. The SMILES string of the molecule is C=CCC/C(Nc1ccc(NC(=O)OC(C)(C)C)cc1)=C(/N)C(=O)OCCCC. The van der Waals surface area contributed by atoms with Gasteiger partial charge < -0.3 is 20.5 Å². The summed E-state index contributed by atoms with van der Waals surface area (Å²) in [6, 6.07) is 7.01. The van der Waals surface area contributed by atoms with Gasteiger partial charge in [-0.15, -0.1) is 6.58 Å². The van der Waals surface area contributed by atoms with E-state index in [9.17, 15) is 9.59 Å². The molecule has 160 valence electrons. The van der Waals surface area contributed by atoms with Gasteiger partial charge in [-0.2, -0.15) is 0 Å². The maximum atomic E-state index is 12.2. The van der Waals surface area contributed by atoms with E-state index in [1.165, 1.54) is 0 Å². The van der Waals surface area contributed by atoms with Crippen molar-refractivity contribution in [3.8, 4) is 0 Å². The van der Waals surface area contributed by atoms with Gasteiger partial charge in [0.25, 0.3) is 0 Å². The molecule has 0 heterocycles. The lowest BCUT2D eigenvalue weighted by Crippen LogP contribution is -2.27. The Balaban J connectivity index is 2.83. The zero-order valence-electron chi connectivity index (χ0n) is 17.8. The van der Waals surface area contributed by atoms with Gasteiger partial charge in [0.1, 0.15) is 11.3 Å². The van der Waals surface area contributed by atoms with Crippen molar-refractivity contribution in [1.82, 2.24) is 0 Å². The van der Waals surface area contributed by atoms with Crippen LogP contribution in [-0.4, -0.2) is 24.3 Å². The number of anilines is 2. The van der Waals surface area contributed by atoms with Crippen LogP contribution in [0.2, 0.25) is 0 Å². The molecule has 0 aliphatic carbocycles. The molecule has 0 bridgehead atoms. The van der Waals surface area contributed by atoms with E-state index in [1.807, 2.05) is 6.92 Å². The predicted molar refractivity (Wildman–Crippen MR) is 116 cm³/mol. The Labute approximate surface area is 173 Å². The van der Waals surface area contributed by atoms with E-state index in [4.69, 9.17) is 15.2 Å². The summed E-state index contributed by atoms with van der Waals surface area (Å²) < 4.78 is 10.4. The summed E-state index contributed by atoms with van der Waals surface area (Å²) in [5.41, 5.74) is 7.39. The molecule has 7 nitrogen and oxygen atoms in total. The first kappa shape index (κ1) is 24.1. The highest BCUT2D eigenvalue weighted by molar-refractivity contribution is 5.89. The van der Waals surface area contributed by atoms with Crippen molar-refractivity contribution in [2.75, 3.05) is 17.2 Å². The highest BCUT2D eigenvalue weighted by atomic mass is 16.6. The molecule has 0 spiro atoms. The number of hydrogen-bond donors (Lipinski definition) is 3. The Morgan fingerprint density at radius 2 is 1.72 bits per heavy atom. The number of amides is 1. The number of carbonyl (C=O) groups is 2. The molecule has 0 saturated carbocycles. The first-order valence-corrected chi connectivity index (χ1v) is 9.80. The number of allylic oxidation sites excluding steroid dienone is 2. The second-order valence-corrected chi connectivity index (χ2v) is 7.54. The lowest BCUT2D eigenvalue weighted by atomic mass is 10.1. The fourth-order valence-electron chi connectivity index (χ4n) is 2.25. The van der Waals surface area contributed by atoms with Crippen LogP contribution in [-0.2, 0) is 14.3 Å². The van der Waals surface area contributed by atoms with Gasteiger partial charge in [0.15, 0.2) is 0 Å². The van der Waals surface area contributed by atoms with Crippen LogP contribution in [0.3, 0.4) is 0 Å². The van der Waals surface area contributed by atoms with Gasteiger partial charge in [-0.3, -0.25) is 5.32 Å². The van der Waals surface area contributed by atoms with Crippen molar-refractivity contribution in [3.05, 3.63) is 48.3 Å². The van der Waals surface area contributed by atoms with E-state index in [0.29, 0.717) is 30.8 Å². The second-order valence-electron chi connectivity index (χ2n) is 7.54. The first-order chi connectivity index (χ1) is 13.7. The lowest BCUT2D eigenvalue weighted by molar-refractivity contribution is -0.139. The summed E-state index contributed by atoms with van der Waals surface area (Å²) in [4.78, 5) is 24.0. The molecule has 4 N–H and O–H groups in total. The quantitative estimate of drug-likeness (QED) is 0.222. The second kappa shape index (κ2) is 11.8. The van der Waals surface area contributed by atoms with Gasteiger partial charge in [0.2, 0.25) is 0 Å². The van der Waals surface area contributed by atoms with E-state index in [2.05, 4.69) is 17.2 Å². The van der Waals surface area contributed by atoms with Crippen molar-refractivity contribution < 1.29 is 19.1 Å². The van der Waals surface area contributed by atoms with Crippen LogP contribution < -0.4 is 16.4 Å². The van der Waals surface area contributed by atoms with E-state index >= 15 is 0 Å². The zero-order chi connectivity index (χ0) is 21.9. The third kappa shape index (κ3) is 9.69. The molecule has 0 aromatic heterocycles. The summed E-state index contributed by atoms with van der Waals surface area (Å²) in [6.45, 7) is 11.5. The number of unbranched alkanes of at least 4 members (excludes halogenated alkanes) is 1. The molecule has 1 aromatic rings. The van der Waals surface area contributed by atoms with Gasteiger partial charge in [-0.25, -0.2) is 9.59 Å². The van der Waals surface area contributed by atoms with Crippen LogP contribution >= 0.6 is 0 Å². The average molecular weight is 404 g/mol. The molecule has 29 heavy (non-hydrogen) atoms. The Morgan fingerprint density at radius 1 is 1.14 bits per heavy atom. The third-order valence-corrected chi connectivity index (χ3v) is 3.70. The number of carbonyl (C=O) groups excluding carboxylic acids is 2. The predicted octanol–water partition coefficient (Wildman–Crippen LogP) is 4.93. The monoisotopic (exact) mass is 403 g/mol. The van der Waals surface area contributed by atoms with Gasteiger partial charge in [-0.1, -0.05) is 19.4 Å². The van der Waals surface area contributed by atoms with Crippen LogP contribution in [0.5, 0.6) is 0 Å². The van der Waals surface area contributed by atoms with Crippen LogP contribution in [0.25, 0.3) is 0 Å². The minimum atomic E-state index is -0.570. The third-order valence-electron chi connectivity index (χ3n) is 3.70. The Kier molecular flexibility index (Phi) is 9.79. The number of nitrogens with two attached hydrogens (primary N) is 1. The molecule has 0 fully saturated rings. The Morgan fingerprint density at radius 3 is 2.24 bits per heavy atom. The maximum absolute atomic E-state index is 12.2. The maximum Gasteiger partial charge on any atom is 0.412 e. The van der Waals surface area contributed by atoms with E-state index in [1.54, 1.807) is 51.1 Å². The fourth-order valence-corrected chi connectivity index (χ4v) is 2.25. The molecule has 0 saturated heterocycles. The van der Waals surface area contributed by atoms with Gasteiger partial charge in [0.05, 0.1) is 6.61 Å². The molecule has 1 aromatic carbocycles. The summed E-state index contributed by atoms with van der Waals surface area (Å²) in [5, 5.41) is 5.84. The summed E-state index contributed by atoms with van der Waals surface area (Å²) in [5.74, 6) is -0.534. The van der Waals surface area contributed by atoms with Crippen molar-refractivity contribution >= 4 is 23.4 Å². The fraction of sp³-hybridized carbons (Fsp3) is 0.455. The Bertz CT molecular complexity index is 719. The smallest absolute Gasteiger partial charge is 0.412 e. The van der Waals surface area contributed by atoms with E-state index < -0.39 is 17.7 Å². The van der Waals surface area contributed by atoms with Crippen molar-refractivity contribution in [3.63, 3.8) is 0 Å². The minimum absolute atomic E-state index is 0.0545. The highest BCUT2D eigenvalue weighted by Crippen LogP contribution is 2.19. The van der Waals surface area contributed by atoms with Gasteiger partial charge >= 0.3 is 12.1 Å². The summed E-state index contributed by atoms with van der Waals surface area (Å²) in [6.07, 6.45) is 4.14. The lowest BCUT2D eigenvalue weighted by Gasteiger charge is -2.19. The Hall–Kier alpha value is -2.96. The van der Waals surface area contributed by atoms with Gasteiger partial charge in [-0.05, 0) is 64.3 Å². The van der Waals surface area contributed by atoms with Crippen molar-refractivity contribution in [1.29, 1.82) is 0 Å². The molecule has 1 rings (SSSR count). The molecule has 0 aliphatic heterocycles.